The molecule has 0 saturated carbocycles. The van der Waals surface area contributed by atoms with Gasteiger partial charge >= 0.3 is 0 Å². The molecule has 2 unspecified atom stereocenters. The summed E-state index contributed by atoms with van der Waals surface area (Å²) in [6.45, 7) is 3.05. The summed E-state index contributed by atoms with van der Waals surface area (Å²) in [5.41, 5.74) is 0.744. The summed E-state index contributed by atoms with van der Waals surface area (Å²) in [7, 11) is 0. The third kappa shape index (κ3) is 3.20. The van der Waals surface area contributed by atoms with Crippen molar-refractivity contribution in [1.82, 2.24) is 10.6 Å². The van der Waals surface area contributed by atoms with Crippen LogP contribution < -0.4 is 10.6 Å². The van der Waals surface area contributed by atoms with Crippen molar-refractivity contribution in [1.29, 1.82) is 0 Å². The highest BCUT2D eigenvalue weighted by atomic mass is 19.1. The van der Waals surface area contributed by atoms with Gasteiger partial charge in [0.2, 0.25) is 0 Å². The fraction of sp³-hybridized carbons (Fsp3) is 0.353. The molecular weight excluding hydrogens is 283 g/mol. The first-order valence-electron chi connectivity index (χ1n) is 7.53. The van der Waals surface area contributed by atoms with Crippen molar-refractivity contribution in [2.75, 3.05) is 6.54 Å². The average Bonchev–Trinajstić information content (AvgIpc) is 3.00. The van der Waals surface area contributed by atoms with Crippen molar-refractivity contribution in [3.8, 4) is 11.3 Å². The lowest BCUT2D eigenvalue weighted by molar-refractivity contribution is 0.0892. The molecule has 1 aromatic carbocycles. The van der Waals surface area contributed by atoms with Gasteiger partial charge in [-0.3, -0.25) is 4.79 Å². The van der Waals surface area contributed by atoms with Gasteiger partial charge < -0.3 is 15.1 Å². The Hall–Kier alpha value is -2.14. The van der Waals surface area contributed by atoms with E-state index in [0.717, 1.165) is 24.9 Å². The van der Waals surface area contributed by atoms with E-state index in [1.54, 1.807) is 24.3 Å². The van der Waals surface area contributed by atoms with Gasteiger partial charge in [-0.05, 0) is 62.7 Å². The van der Waals surface area contributed by atoms with Crippen molar-refractivity contribution in [2.24, 2.45) is 0 Å². The summed E-state index contributed by atoms with van der Waals surface area (Å²) in [5.74, 6) is 0.318. The maximum atomic E-state index is 12.9. The number of nitrogens with one attached hydrogen (secondary N) is 2. The number of furan rings is 1. The number of rotatable bonds is 3. The molecule has 22 heavy (non-hydrogen) atoms. The number of benzene rings is 1. The maximum Gasteiger partial charge on any atom is 0.287 e. The lowest BCUT2D eigenvalue weighted by Gasteiger charge is -2.30. The number of hydrogen-bond acceptors (Lipinski definition) is 3. The van der Waals surface area contributed by atoms with Crippen LogP contribution in [0.15, 0.2) is 40.8 Å². The van der Waals surface area contributed by atoms with Crippen LogP contribution >= 0.6 is 0 Å². The smallest absolute Gasteiger partial charge is 0.287 e. The summed E-state index contributed by atoms with van der Waals surface area (Å²) in [4.78, 5) is 12.3. The predicted octanol–water partition coefficient (Wildman–Crippen LogP) is 2.96. The van der Waals surface area contributed by atoms with Crippen LogP contribution in [-0.2, 0) is 0 Å². The molecular formula is C17H19FN2O2. The lowest BCUT2D eigenvalue weighted by Crippen LogP contribution is -2.51. The molecule has 2 atom stereocenters. The van der Waals surface area contributed by atoms with Crippen molar-refractivity contribution in [3.63, 3.8) is 0 Å². The number of carbonyl (C=O) groups is 1. The van der Waals surface area contributed by atoms with Gasteiger partial charge in [-0.15, -0.1) is 0 Å². The van der Waals surface area contributed by atoms with Crippen molar-refractivity contribution in [2.45, 2.75) is 31.8 Å². The minimum absolute atomic E-state index is 0.112. The number of carbonyl (C=O) groups excluding carboxylic acids is 1. The fourth-order valence-corrected chi connectivity index (χ4v) is 2.71. The van der Waals surface area contributed by atoms with Crippen LogP contribution in [0.1, 0.15) is 30.3 Å². The molecule has 4 nitrogen and oxygen atoms in total. The molecule has 0 bridgehead atoms. The molecule has 1 saturated heterocycles. The van der Waals surface area contributed by atoms with Gasteiger partial charge in [-0.1, -0.05) is 0 Å². The molecule has 1 amide bonds. The monoisotopic (exact) mass is 302 g/mol. The third-order valence-electron chi connectivity index (χ3n) is 4.04. The van der Waals surface area contributed by atoms with E-state index in [1.165, 1.54) is 12.1 Å². The van der Waals surface area contributed by atoms with Crippen LogP contribution in [0, 0.1) is 5.82 Å². The Morgan fingerprint density at radius 1 is 1.27 bits per heavy atom. The Labute approximate surface area is 128 Å². The van der Waals surface area contributed by atoms with Crippen molar-refractivity contribution in [3.05, 3.63) is 48.0 Å². The highest BCUT2D eigenvalue weighted by Gasteiger charge is 2.24. The minimum Gasteiger partial charge on any atom is -0.451 e. The highest BCUT2D eigenvalue weighted by molar-refractivity contribution is 5.92. The second kappa shape index (κ2) is 6.32. The van der Waals surface area contributed by atoms with Gasteiger partial charge in [0.1, 0.15) is 11.6 Å². The van der Waals surface area contributed by atoms with Gasteiger partial charge in [0.15, 0.2) is 5.76 Å². The van der Waals surface area contributed by atoms with E-state index in [9.17, 15) is 9.18 Å². The zero-order valence-electron chi connectivity index (χ0n) is 12.4. The number of piperidine rings is 1. The van der Waals surface area contributed by atoms with Crippen LogP contribution in [-0.4, -0.2) is 24.5 Å². The normalized spacial score (nSPS) is 21.5. The van der Waals surface area contributed by atoms with E-state index in [4.69, 9.17) is 4.42 Å². The zero-order valence-corrected chi connectivity index (χ0v) is 12.4. The Bertz CT molecular complexity index is 651. The van der Waals surface area contributed by atoms with Gasteiger partial charge in [-0.25, -0.2) is 4.39 Å². The summed E-state index contributed by atoms with van der Waals surface area (Å²) < 4.78 is 18.5. The molecule has 2 aromatic rings. The number of hydrogen-bond donors (Lipinski definition) is 2. The van der Waals surface area contributed by atoms with E-state index >= 15 is 0 Å². The van der Waals surface area contributed by atoms with E-state index in [1.807, 2.05) is 0 Å². The van der Waals surface area contributed by atoms with Gasteiger partial charge in [0.05, 0.1) is 0 Å². The molecule has 3 rings (SSSR count). The van der Waals surface area contributed by atoms with Crippen LogP contribution in [0.4, 0.5) is 4.39 Å². The molecule has 1 aliphatic heterocycles. The molecule has 2 N–H and O–H groups in total. The summed E-state index contributed by atoms with van der Waals surface area (Å²) >= 11 is 0. The summed E-state index contributed by atoms with van der Waals surface area (Å²) in [6, 6.07) is 9.73. The molecule has 1 aliphatic rings. The van der Waals surface area contributed by atoms with Crippen LogP contribution in [0.5, 0.6) is 0 Å². The molecule has 0 spiro atoms. The minimum atomic E-state index is -0.299. The van der Waals surface area contributed by atoms with Gasteiger partial charge in [0.25, 0.3) is 5.91 Å². The first-order valence-corrected chi connectivity index (χ1v) is 7.53. The summed E-state index contributed by atoms with van der Waals surface area (Å²) in [5, 5.41) is 6.35. The zero-order chi connectivity index (χ0) is 15.5. The van der Waals surface area contributed by atoms with E-state index in [0.29, 0.717) is 5.76 Å². The Morgan fingerprint density at radius 3 is 2.77 bits per heavy atom. The Balaban J connectivity index is 1.70. The molecule has 116 valence electrons. The number of amides is 1. The predicted molar refractivity (Wildman–Crippen MR) is 82.1 cm³/mol. The second-order valence-corrected chi connectivity index (χ2v) is 5.64. The Morgan fingerprint density at radius 2 is 2.05 bits per heavy atom. The third-order valence-corrected chi connectivity index (χ3v) is 4.04. The average molecular weight is 302 g/mol. The van der Waals surface area contributed by atoms with Crippen LogP contribution in [0.25, 0.3) is 11.3 Å². The van der Waals surface area contributed by atoms with E-state index < -0.39 is 0 Å². The molecule has 0 aliphatic carbocycles. The van der Waals surface area contributed by atoms with Crippen molar-refractivity contribution < 1.29 is 13.6 Å². The molecule has 1 aromatic heterocycles. The first kappa shape index (κ1) is 14.8. The second-order valence-electron chi connectivity index (χ2n) is 5.64. The SMILES string of the molecule is CC1NCCCC1NC(=O)c1ccc(-c2ccc(F)cc2)o1. The maximum absolute atomic E-state index is 12.9. The molecule has 2 heterocycles. The van der Waals surface area contributed by atoms with E-state index in [2.05, 4.69) is 17.6 Å². The van der Waals surface area contributed by atoms with Gasteiger partial charge in [0, 0.05) is 17.6 Å². The highest BCUT2D eigenvalue weighted by Crippen LogP contribution is 2.22. The Kier molecular flexibility index (Phi) is 4.24. The largest absolute Gasteiger partial charge is 0.451 e. The fourth-order valence-electron chi connectivity index (χ4n) is 2.71. The number of halogens is 1. The first-order chi connectivity index (χ1) is 10.6. The summed E-state index contributed by atoms with van der Waals surface area (Å²) in [6.07, 6.45) is 2.01. The van der Waals surface area contributed by atoms with E-state index in [-0.39, 0.29) is 29.6 Å². The molecule has 1 fully saturated rings. The lowest BCUT2D eigenvalue weighted by atomic mass is 10.00. The molecule has 0 radical (unpaired) electrons. The topological polar surface area (TPSA) is 54.3 Å². The molecule has 5 heteroatoms. The van der Waals surface area contributed by atoms with Gasteiger partial charge in [-0.2, -0.15) is 0 Å². The standard InChI is InChI=1S/C17H19FN2O2/c1-11-14(3-2-10-19-11)20-17(21)16-9-8-15(22-16)12-4-6-13(18)7-5-12/h4-9,11,14,19H,2-3,10H2,1H3,(H,20,21). The van der Waals surface area contributed by atoms with Crippen molar-refractivity contribution >= 4 is 5.91 Å². The quantitative estimate of drug-likeness (QED) is 0.916. The van der Waals surface area contributed by atoms with Crippen LogP contribution in [0.2, 0.25) is 0 Å². The van der Waals surface area contributed by atoms with Crippen LogP contribution in [0.3, 0.4) is 0 Å².